The van der Waals surface area contributed by atoms with E-state index in [-0.39, 0.29) is 23.4 Å². The Morgan fingerprint density at radius 2 is 2.16 bits per heavy atom. The van der Waals surface area contributed by atoms with E-state index in [0.717, 1.165) is 12.1 Å². The Bertz CT molecular complexity index is 474. The molecule has 0 bridgehead atoms. The molecule has 0 spiro atoms. The van der Waals surface area contributed by atoms with Crippen molar-refractivity contribution in [2.75, 3.05) is 20.3 Å². The highest BCUT2D eigenvalue weighted by Gasteiger charge is 2.16. The van der Waals surface area contributed by atoms with Gasteiger partial charge in [0, 0.05) is 36.9 Å². The molecule has 1 rings (SSSR count). The van der Waals surface area contributed by atoms with Crippen LogP contribution in [0.1, 0.15) is 22.2 Å². The van der Waals surface area contributed by atoms with Crippen LogP contribution in [0, 0.1) is 10.1 Å². The van der Waals surface area contributed by atoms with Gasteiger partial charge in [-0.25, -0.2) is 0 Å². The zero-order valence-electron chi connectivity index (χ0n) is 10.2. The summed E-state index contributed by atoms with van der Waals surface area (Å²) in [6.07, 6.45) is -1.88. The predicted octanol–water partition coefficient (Wildman–Crippen LogP) is -0.0458. The number of non-ortho nitro benzene ring substituents is 1. The van der Waals surface area contributed by atoms with Crippen LogP contribution in [0.2, 0.25) is 0 Å². The lowest BCUT2D eigenvalue weighted by Crippen LogP contribution is -2.27. The van der Waals surface area contributed by atoms with Crippen LogP contribution in [0.3, 0.4) is 0 Å². The molecule has 1 aromatic carbocycles. The molecular formula is C11H14N2O6. The topological polar surface area (TPSA) is 122 Å². The largest absolute Gasteiger partial charge is 0.383 e. The van der Waals surface area contributed by atoms with Crippen LogP contribution in [-0.2, 0) is 4.74 Å². The van der Waals surface area contributed by atoms with Crippen LogP contribution in [0.25, 0.3) is 0 Å². The summed E-state index contributed by atoms with van der Waals surface area (Å²) < 4.78 is 4.75. The van der Waals surface area contributed by atoms with Crippen molar-refractivity contribution < 1.29 is 24.7 Å². The van der Waals surface area contributed by atoms with Crippen LogP contribution in [-0.4, -0.2) is 41.3 Å². The highest BCUT2D eigenvalue weighted by atomic mass is 16.6. The highest BCUT2D eigenvalue weighted by molar-refractivity contribution is 5.95. The van der Waals surface area contributed by atoms with E-state index in [1.165, 1.54) is 13.2 Å². The lowest BCUT2D eigenvalue weighted by molar-refractivity contribution is -0.385. The Morgan fingerprint density at radius 1 is 1.47 bits per heavy atom. The van der Waals surface area contributed by atoms with Crippen LogP contribution in [0.15, 0.2) is 18.2 Å². The van der Waals surface area contributed by atoms with Gasteiger partial charge in [0.25, 0.3) is 11.6 Å². The van der Waals surface area contributed by atoms with Gasteiger partial charge in [0.05, 0.1) is 11.5 Å². The van der Waals surface area contributed by atoms with Crippen molar-refractivity contribution in [1.29, 1.82) is 0 Å². The highest BCUT2D eigenvalue weighted by Crippen LogP contribution is 2.21. The van der Waals surface area contributed by atoms with E-state index in [0.29, 0.717) is 6.61 Å². The number of nitro groups is 1. The van der Waals surface area contributed by atoms with E-state index in [2.05, 4.69) is 5.32 Å². The Labute approximate surface area is 108 Å². The molecule has 0 aliphatic carbocycles. The first-order valence-electron chi connectivity index (χ1n) is 5.38. The van der Waals surface area contributed by atoms with Crippen molar-refractivity contribution in [2.24, 2.45) is 0 Å². The molecule has 1 aromatic rings. The molecule has 0 atom stereocenters. The summed E-state index contributed by atoms with van der Waals surface area (Å²) in [5, 5.41) is 31.2. The number of carbonyl (C=O) groups is 1. The molecule has 0 saturated heterocycles. The number of nitrogens with zero attached hydrogens (tertiary/aromatic N) is 1. The summed E-state index contributed by atoms with van der Waals surface area (Å²) in [7, 11) is 1.47. The molecule has 0 fully saturated rings. The van der Waals surface area contributed by atoms with Gasteiger partial charge in [0.15, 0.2) is 6.29 Å². The first kappa shape index (κ1) is 15.0. The summed E-state index contributed by atoms with van der Waals surface area (Å²) in [4.78, 5) is 21.7. The third kappa shape index (κ3) is 4.28. The summed E-state index contributed by atoms with van der Waals surface area (Å²) in [6.45, 7) is 0.547. The van der Waals surface area contributed by atoms with Crippen molar-refractivity contribution in [2.45, 2.75) is 6.29 Å². The maximum atomic E-state index is 11.7. The van der Waals surface area contributed by atoms with E-state index in [1.807, 2.05) is 0 Å². The van der Waals surface area contributed by atoms with Gasteiger partial charge in [-0.3, -0.25) is 14.9 Å². The molecule has 0 heterocycles. The fourth-order valence-corrected chi connectivity index (χ4v) is 1.39. The molecule has 104 valence electrons. The van der Waals surface area contributed by atoms with E-state index in [9.17, 15) is 14.9 Å². The van der Waals surface area contributed by atoms with Gasteiger partial charge < -0.3 is 20.3 Å². The average Bonchev–Trinajstić information content (AvgIpc) is 2.38. The molecule has 1 amide bonds. The normalized spacial score (nSPS) is 10.5. The third-order valence-corrected chi connectivity index (χ3v) is 2.30. The van der Waals surface area contributed by atoms with Crippen LogP contribution in [0.5, 0.6) is 0 Å². The van der Waals surface area contributed by atoms with Gasteiger partial charge in [-0.05, 0) is 6.07 Å². The van der Waals surface area contributed by atoms with Crippen LogP contribution < -0.4 is 5.32 Å². The number of hydrogen-bond donors (Lipinski definition) is 3. The van der Waals surface area contributed by atoms with E-state index >= 15 is 0 Å². The molecule has 8 heteroatoms. The molecule has 19 heavy (non-hydrogen) atoms. The summed E-state index contributed by atoms with van der Waals surface area (Å²) >= 11 is 0. The number of nitrogens with one attached hydrogen (secondary N) is 1. The minimum atomic E-state index is -1.88. The second-order valence-corrected chi connectivity index (χ2v) is 3.69. The summed E-state index contributed by atoms with van der Waals surface area (Å²) in [5.74, 6) is -0.553. The van der Waals surface area contributed by atoms with Gasteiger partial charge in [0.1, 0.15) is 0 Å². The molecule has 0 unspecified atom stereocenters. The Balaban J connectivity index is 2.99. The number of aliphatic hydroxyl groups excluding tert-OH is 1. The first-order chi connectivity index (χ1) is 8.95. The molecule has 0 radical (unpaired) electrons. The number of benzene rings is 1. The molecule has 3 N–H and O–H groups in total. The van der Waals surface area contributed by atoms with Crippen LogP contribution >= 0.6 is 0 Å². The van der Waals surface area contributed by atoms with Gasteiger partial charge in [-0.15, -0.1) is 0 Å². The van der Waals surface area contributed by atoms with Crippen LogP contribution in [0.4, 0.5) is 5.69 Å². The van der Waals surface area contributed by atoms with Crippen molar-refractivity contribution in [3.8, 4) is 0 Å². The van der Waals surface area contributed by atoms with Gasteiger partial charge >= 0.3 is 0 Å². The standard InChI is InChI=1S/C11H14N2O6/c1-19-3-2-12-10(14)7-4-8(11(15)16)6-9(5-7)13(17)18/h4-6,11,15-16H,2-3H2,1H3,(H,12,14). The molecule has 8 nitrogen and oxygen atoms in total. The maximum absolute atomic E-state index is 11.7. The number of rotatable bonds is 6. The lowest BCUT2D eigenvalue weighted by Gasteiger charge is -2.08. The Kier molecular flexibility index (Phi) is 5.37. The number of hydrogen-bond acceptors (Lipinski definition) is 6. The maximum Gasteiger partial charge on any atom is 0.270 e. The zero-order valence-corrected chi connectivity index (χ0v) is 10.2. The van der Waals surface area contributed by atoms with Crippen molar-refractivity contribution in [3.63, 3.8) is 0 Å². The Morgan fingerprint density at radius 3 is 2.68 bits per heavy atom. The van der Waals surface area contributed by atoms with E-state index in [4.69, 9.17) is 14.9 Å². The quantitative estimate of drug-likeness (QED) is 0.288. The number of carbonyl (C=O) groups excluding carboxylic acids is 1. The van der Waals surface area contributed by atoms with Gasteiger partial charge in [0.2, 0.25) is 0 Å². The molecule has 0 aliphatic rings. The second kappa shape index (κ2) is 6.78. The summed E-state index contributed by atoms with van der Waals surface area (Å²) in [6, 6.07) is 3.24. The average molecular weight is 270 g/mol. The molecule has 0 aliphatic heterocycles. The zero-order chi connectivity index (χ0) is 14.4. The number of amides is 1. The number of nitro benzene ring substituents is 1. The lowest BCUT2D eigenvalue weighted by atomic mass is 10.1. The second-order valence-electron chi connectivity index (χ2n) is 3.69. The minimum absolute atomic E-state index is 0.0200. The van der Waals surface area contributed by atoms with E-state index in [1.54, 1.807) is 0 Å². The first-order valence-corrected chi connectivity index (χ1v) is 5.38. The third-order valence-electron chi connectivity index (χ3n) is 2.30. The molecular weight excluding hydrogens is 256 g/mol. The predicted molar refractivity (Wildman–Crippen MR) is 64.5 cm³/mol. The van der Waals surface area contributed by atoms with Gasteiger partial charge in [-0.2, -0.15) is 0 Å². The summed E-state index contributed by atoms with van der Waals surface area (Å²) in [5.41, 5.74) is -0.526. The van der Waals surface area contributed by atoms with Crippen molar-refractivity contribution in [3.05, 3.63) is 39.4 Å². The number of methoxy groups -OCH3 is 1. The van der Waals surface area contributed by atoms with Crippen molar-refractivity contribution in [1.82, 2.24) is 5.32 Å². The molecule has 0 saturated carbocycles. The smallest absolute Gasteiger partial charge is 0.270 e. The fraction of sp³-hybridized carbons (Fsp3) is 0.364. The van der Waals surface area contributed by atoms with E-state index < -0.39 is 17.1 Å². The Hall–Kier alpha value is -2.03. The van der Waals surface area contributed by atoms with Crippen molar-refractivity contribution >= 4 is 11.6 Å². The minimum Gasteiger partial charge on any atom is -0.383 e. The number of ether oxygens (including phenoxy) is 1. The molecule has 0 aromatic heterocycles. The van der Waals surface area contributed by atoms with Gasteiger partial charge in [-0.1, -0.05) is 0 Å². The monoisotopic (exact) mass is 270 g/mol. The number of aliphatic hydroxyl groups is 2. The SMILES string of the molecule is COCCNC(=O)c1cc(C(O)O)cc([N+](=O)[O-])c1. The fourth-order valence-electron chi connectivity index (χ4n) is 1.39.